The summed E-state index contributed by atoms with van der Waals surface area (Å²) in [6.45, 7) is 9.58. The molecule has 8 aliphatic rings. The SMILES string of the molecule is C[C@@H]1CC[C@@]2(OC1)O[C@H]1C[C@H]3[C@@H]4CC[C@@H]5C[C@@H](O[C@@H]6O[C@H](CO[C@@H]7O[C@H](CO)[C@@H](O)[C@H](O)[C@H]7O)[C@@H](O)[C@H](O)[C@H]6O)CC[C@]5(C)[C@H]4CC[C@]3(C)[C@H]1[C@@H]2C. The minimum Gasteiger partial charge on any atom is -0.394 e. The molecular weight excluding hydrogens is 676 g/mol. The van der Waals surface area contributed by atoms with E-state index in [-0.39, 0.29) is 29.6 Å². The van der Waals surface area contributed by atoms with Gasteiger partial charge >= 0.3 is 0 Å². The molecule has 8 fully saturated rings. The maximum atomic E-state index is 10.9. The first-order valence-electron chi connectivity index (χ1n) is 20.3. The van der Waals surface area contributed by atoms with Gasteiger partial charge in [-0.3, -0.25) is 0 Å². The summed E-state index contributed by atoms with van der Waals surface area (Å²) in [5.74, 6) is 3.63. The Morgan fingerprint density at radius 1 is 0.692 bits per heavy atom. The van der Waals surface area contributed by atoms with Crippen LogP contribution in [0.3, 0.4) is 0 Å². The fourth-order valence-electron chi connectivity index (χ4n) is 13.1. The predicted molar refractivity (Wildman–Crippen MR) is 183 cm³/mol. The molecule has 0 amide bonds. The lowest BCUT2D eigenvalue weighted by Gasteiger charge is -2.61. The van der Waals surface area contributed by atoms with Gasteiger partial charge in [0.15, 0.2) is 18.4 Å². The Hall–Kier alpha value is -0.520. The van der Waals surface area contributed by atoms with Gasteiger partial charge in [0.05, 0.1) is 32.0 Å². The van der Waals surface area contributed by atoms with Crippen LogP contribution in [0.5, 0.6) is 0 Å². The third-order valence-corrected chi connectivity index (χ3v) is 16.2. The summed E-state index contributed by atoms with van der Waals surface area (Å²) in [7, 11) is 0. The summed E-state index contributed by atoms with van der Waals surface area (Å²) in [4.78, 5) is 0. The van der Waals surface area contributed by atoms with Gasteiger partial charge in [0, 0.05) is 12.3 Å². The zero-order valence-corrected chi connectivity index (χ0v) is 31.2. The van der Waals surface area contributed by atoms with Crippen LogP contribution in [0.25, 0.3) is 0 Å². The van der Waals surface area contributed by atoms with Gasteiger partial charge in [-0.1, -0.05) is 27.7 Å². The zero-order valence-electron chi connectivity index (χ0n) is 31.2. The van der Waals surface area contributed by atoms with Crippen LogP contribution in [0, 0.1) is 52.3 Å². The molecular formula is C39H64O13. The van der Waals surface area contributed by atoms with Crippen LogP contribution in [0.4, 0.5) is 0 Å². The van der Waals surface area contributed by atoms with Gasteiger partial charge in [0.1, 0.15) is 48.8 Å². The van der Waals surface area contributed by atoms with Crippen molar-refractivity contribution in [3.63, 3.8) is 0 Å². The molecule has 4 aliphatic heterocycles. The number of rotatable bonds is 6. The van der Waals surface area contributed by atoms with E-state index >= 15 is 0 Å². The van der Waals surface area contributed by atoms with Crippen molar-refractivity contribution in [3.05, 3.63) is 0 Å². The quantitative estimate of drug-likeness (QED) is 0.194. The van der Waals surface area contributed by atoms with E-state index in [1.807, 2.05) is 0 Å². The van der Waals surface area contributed by atoms with Gasteiger partial charge in [0.25, 0.3) is 0 Å². The molecule has 4 saturated carbocycles. The second-order valence-electron chi connectivity index (χ2n) is 18.8. The molecule has 298 valence electrons. The minimum atomic E-state index is -1.62. The Morgan fingerprint density at radius 2 is 1.38 bits per heavy atom. The number of fused-ring (bicyclic) bond motifs is 7. The van der Waals surface area contributed by atoms with Gasteiger partial charge in [0.2, 0.25) is 0 Å². The highest BCUT2D eigenvalue weighted by Gasteiger charge is 2.69. The molecule has 0 unspecified atom stereocenters. The maximum Gasteiger partial charge on any atom is 0.186 e. The van der Waals surface area contributed by atoms with Crippen molar-refractivity contribution >= 4 is 0 Å². The van der Waals surface area contributed by atoms with Crippen LogP contribution in [0.2, 0.25) is 0 Å². The highest BCUT2D eigenvalue weighted by atomic mass is 16.7. The molecule has 4 saturated heterocycles. The fourth-order valence-corrected chi connectivity index (χ4v) is 13.1. The molecule has 0 aromatic carbocycles. The van der Waals surface area contributed by atoms with Gasteiger partial charge < -0.3 is 64.2 Å². The minimum absolute atomic E-state index is 0.188. The van der Waals surface area contributed by atoms with E-state index in [9.17, 15) is 35.7 Å². The van der Waals surface area contributed by atoms with Crippen molar-refractivity contribution in [2.45, 2.75) is 171 Å². The number of aliphatic hydroxyl groups excluding tert-OH is 7. The lowest BCUT2D eigenvalue weighted by Crippen LogP contribution is -2.62. The highest BCUT2D eigenvalue weighted by Crippen LogP contribution is 2.71. The standard InChI is InChI=1S/C39H64O13/c1-18-7-12-39(48-16-18)19(2)28-25(52-39)14-24-22-6-5-20-13-21(8-10-37(20,3)23(22)9-11-38(24,28)4)49-36-34(46)32(44)30(42)27(51-36)17-47-35-33(45)31(43)29(41)26(15-40)50-35/h18-36,40-46H,5-17H2,1-4H3/t18-,19+,20-,21+,22-,23+,24+,25+,26-,27-,28+,29-,30-,31+,32+,33-,34-,35-,36-,37+,38+,39-/m1/s1. The maximum absolute atomic E-state index is 10.9. The van der Waals surface area contributed by atoms with Crippen molar-refractivity contribution in [2.24, 2.45) is 52.3 Å². The van der Waals surface area contributed by atoms with Gasteiger partial charge in [-0.05, 0) is 104 Å². The molecule has 8 rings (SSSR count). The normalized spacial score (nSPS) is 59.0. The molecule has 13 nitrogen and oxygen atoms in total. The third-order valence-electron chi connectivity index (χ3n) is 16.2. The Balaban J connectivity index is 0.886. The average Bonchev–Trinajstić information content (AvgIpc) is 3.58. The molecule has 0 bridgehead atoms. The number of aliphatic hydroxyl groups is 7. The van der Waals surface area contributed by atoms with Gasteiger partial charge in [-0.2, -0.15) is 0 Å². The number of ether oxygens (including phenoxy) is 6. The van der Waals surface area contributed by atoms with Crippen molar-refractivity contribution in [2.75, 3.05) is 19.8 Å². The average molecular weight is 741 g/mol. The first-order chi connectivity index (χ1) is 24.7. The summed E-state index contributed by atoms with van der Waals surface area (Å²) >= 11 is 0. The van der Waals surface area contributed by atoms with Crippen molar-refractivity contribution in [1.82, 2.24) is 0 Å². The zero-order chi connectivity index (χ0) is 36.9. The first kappa shape index (κ1) is 38.4. The van der Waals surface area contributed by atoms with Crippen molar-refractivity contribution in [1.29, 1.82) is 0 Å². The molecule has 7 N–H and O–H groups in total. The third kappa shape index (κ3) is 6.06. The second kappa shape index (κ2) is 14.1. The van der Waals surface area contributed by atoms with Crippen molar-refractivity contribution in [3.8, 4) is 0 Å². The van der Waals surface area contributed by atoms with E-state index in [0.717, 1.165) is 45.1 Å². The van der Waals surface area contributed by atoms with Crippen LogP contribution >= 0.6 is 0 Å². The fraction of sp³-hybridized carbons (Fsp3) is 1.00. The van der Waals surface area contributed by atoms with Gasteiger partial charge in [-0.15, -0.1) is 0 Å². The second-order valence-corrected chi connectivity index (χ2v) is 18.8. The molecule has 4 aliphatic carbocycles. The first-order valence-corrected chi connectivity index (χ1v) is 20.3. The Kier molecular flexibility index (Phi) is 10.4. The summed E-state index contributed by atoms with van der Waals surface area (Å²) in [5.41, 5.74) is 0.468. The largest absolute Gasteiger partial charge is 0.394 e. The van der Waals surface area contributed by atoms with E-state index in [0.29, 0.717) is 41.4 Å². The molecule has 22 atom stereocenters. The number of hydrogen-bond donors (Lipinski definition) is 7. The predicted octanol–water partition coefficient (Wildman–Crippen LogP) is 1.44. The Labute approximate surface area is 307 Å². The molecule has 0 radical (unpaired) electrons. The lowest BCUT2D eigenvalue weighted by molar-refractivity contribution is -0.338. The molecule has 52 heavy (non-hydrogen) atoms. The topological polar surface area (TPSA) is 197 Å². The van der Waals surface area contributed by atoms with E-state index in [1.54, 1.807) is 0 Å². The molecule has 0 aromatic heterocycles. The Morgan fingerprint density at radius 3 is 2.10 bits per heavy atom. The monoisotopic (exact) mass is 740 g/mol. The van der Waals surface area contributed by atoms with E-state index in [2.05, 4.69) is 27.7 Å². The van der Waals surface area contributed by atoms with Crippen LogP contribution in [0.1, 0.15) is 91.9 Å². The van der Waals surface area contributed by atoms with Crippen LogP contribution in [-0.2, 0) is 28.4 Å². The van der Waals surface area contributed by atoms with Crippen LogP contribution in [-0.4, -0.2) is 135 Å². The number of hydrogen-bond acceptors (Lipinski definition) is 13. The summed E-state index contributed by atoms with van der Waals surface area (Å²) in [6, 6.07) is 0. The van der Waals surface area contributed by atoms with E-state index in [4.69, 9.17) is 28.4 Å². The Bertz CT molecular complexity index is 1260. The molecule has 13 heteroatoms. The van der Waals surface area contributed by atoms with Crippen LogP contribution in [0.15, 0.2) is 0 Å². The molecule has 0 aromatic rings. The van der Waals surface area contributed by atoms with Crippen molar-refractivity contribution < 1.29 is 64.2 Å². The van der Waals surface area contributed by atoms with E-state index in [1.165, 1.54) is 25.7 Å². The molecule has 1 spiro atoms. The smallest absolute Gasteiger partial charge is 0.186 e. The lowest BCUT2D eigenvalue weighted by atomic mass is 9.44. The van der Waals surface area contributed by atoms with E-state index < -0.39 is 73.8 Å². The highest BCUT2D eigenvalue weighted by molar-refractivity contribution is 5.15. The molecule has 4 heterocycles. The summed E-state index contributed by atoms with van der Waals surface area (Å²) in [5, 5.41) is 72.4. The van der Waals surface area contributed by atoms with Gasteiger partial charge in [-0.25, -0.2) is 0 Å². The van der Waals surface area contributed by atoms with Crippen LogP contribution < -0.4 is 0 Å². The summed E-state index contributed by atoms with van der Waals surface area (Å²) < 4.78 is 36.9. The summed E-state index contributed by atoms with van der Waals surface area (Å²) in [6.07, 6.45) is -3.38.